The Bertz CT molecular complexity index is 1680. The number of hydrogen-bond acceptors (Lipinski definition) is 12. The van der Waals surface area contributed by atoms with E-state index in [2.05, 4.69) is 19.3 Å². The number of nitrogens with zero attached hydrogens (tertiary/aromatic N) is 3. The Balaban J connectivity index is 1.17. The average Bonchev–Trinajstić information content (AvgIpc) is 3.47. The zero-order valence-corrected chi connectivity index (χ0v) is 22.7. The van der Waals surface area contributed by atoms with Crippen LogP contribution in [0.2, 0.25) is 0 Å². The Kier molecular flexibility index (Phi) is 8.23. The minimum absolute atomic E-state index is 0.0479. The van der Waals surface area contributed by atoms with Gasteiger partial charge < -0.3 is 30.5 Å². The summed E-state index contributed by atoms with van der Waals surface area (Å²) < 4.78 is 45.3. The lowest BCUT2D eigenvalue weighted by Gasteiger charge is -2.19. The summed E-state index contributed by atoms with van der Waals surface area (Å²) in [5, 5.41) is 20.9. The second kappa shape index (κ2) is 11.5. The van der Waals surface area contributed by atoms with Crippen molar-refractivity contribution < 1.29 is 47.2 Å². The van der Waals surface area contributed by atoms with Crippen molar-refractivity contribution in [2.24, 2.45) is 0 Å². The van der Waals surface area contributed by atoms with Gasteiger partial charge in [-0.15, -0.1) is 0 Å². The standard InChI is InChI=1S/C23H25N5O11P2/c24-23-26-20-17(21(31)27-23)25-12-28(20)22-19(30)18(29)16(38-22)11-37-41(34,35)39-40(32,33)36-10-13-6-8-15(9-7-13)14-4-2-1-3-5-14/h1-9,12,16,18-19,22,29-30H,10-11H2,(H,32,33)(H,34,35)(H3,24,26,27,31)/t16-,18-,19-,22-/m1/s1. The minimum Gasteiger partial charge on any atom is -0.387 e. The van der Waals surface area contributed by atoms with Crippen molar-refractivity contribution in [2.45, 2.75) is 31.1 Å². The smallest absolute Gasteiger partial charge is 0.387 e. The van der Waals surface area contributed by atoms with Crippen LogP contribution in [-0.2, 0) is 33.8 Å². The first kappa shape index (κ1) is 29.2. The number of imidazole rings is 1. The molecule has 0 saturated carbocycles. The van der Waals surface area contributed by atoms with Gasteiger partial charge >= 0.3 is 15.6 Å². The number of aliphatic hydroxyl groups excluding tert-OH is 2. The number of anilines is 1. The zero-order chi connectivity index (χ0) is 29.4. The summed E-state index contributed by atoms with van der Waals surface area (Å²) in [5.41, 5.74) is 7.13. The molecule has 18 heteroatoms. The Morgan fingerprint density at radius 1 is 0.976 bits per heavy atom. The number of benzene rings is 2. The molecule has 2 unspecified atom stereocenters. The zero-order valence-electron chi connectivity index (χ0n) is 21.0. The molecule has 3 heterocycles. The lowest BCUT2D eigenvalue weighted by Crippen LogP contribution is -2.33. The van der Waals surface area contributed by atoms with Gasteiger partial charge in [-0.25, -0.2) is 14.1 Å². The molecule has 2 aromatic carbocycles. The lowest BCUT2D eigenvalue weighted by molar-refractivity contribution is -0.0504. The first-order valence-electron chi connectivity index (χ1n) is 12.0. The first-order chi connectivity index (χ1) is 19.4. The van der Waals surface area contributed by atoms with E-state index in [9.17, 15) is 33.9 Å². The Morgan fingerprint density at radius 2 is 1.63 bits per heavy atom. The van der Waals surface area contributed by atoms with Crippen LogP contribution in [0, 0.1) is 0 Å². The van der Waals surface area contributed by atoms with Crippen LogP contribution < -0.4 is 11.3 Å². The first-order valence-corrected chi connectivity index (χ1v) is 15.0. The van der Waals surface area contributed by atoms with Crippen molar-refractivity contribution in [3.8, 4) is 11.1 Å². The molecule has 2 aromatic heterocycles. The van der Waals surface area contributed by atoms with Gasteiger partial charge in [0.2, 0.25) is 5.95 Å². The van der Waals surface area contributed by atoms with E-state index in [1.807, 2.05) is 30.3 Å². The minimum atomic E-state index is -5.22. The molecule has 41 heavy (non-hydrogen) atoms. The molecule has 218 valence electrons. The van der Waals surface area contributed by atoms with Crippen molar-refractivity contribution in [2.75, 3.05) is 12.3 Å². The fraction of sp³-hybridized carbons (Fsp3) is 0.261. The number of phosphoric ester groups is 2. The van der Waals surface area contributed by atoms with Crippen LogP contribution in [0.3, 0.4) is 0 Å². The van der Waals surface area contributed by atoms with Crippen LogP contribution >= 0.6 is 15.6 Å². The number of aliphatic hydroxyl groups is 2. The summed E-state index contributed by atoms with van der Waals surface area (Å²) in [6.07, 6.45) is -4.87. The van der Waals surface area contributed by atoms with Crippen LogP contribution in [-0.4, -0.2) is 64.4 Å². The fourth-order valence-electron chi connectivity index (χ4n) is 4.15. The number of rotatable bonds is 10. The largest absolute Gasteiger partial charge is 0.481 e. The second-order valence-corrected chi connectivity index (χ2v) is 12.0. The number of aromatic nitrogens is 4. The third-order valence-corrected chi connectivity index (χ3v) is 8.71. The number of nitrogens with one attached hydrogen (secondary N) is 1. The van der Waals surface area contributed by atoms with E-state index < -0.39 is 59.0 Å². The normalized spacial score (nSPS) is 23.8. The third kappa shape index (κ3) is 6.63. The predicted molar refractivity (Wildman–Crippen MR) is 142 cm³/mol. The number of aromatic amines is 1. The van der Waals surface area contributed by atoms with Crippen LogP contribution in [0.4, 0.5) is 5.95 Å². The molecule has 16 nitrogen and oxygen atoms in total. The Labute approximate surface area is 231 Å². The van der Waals surface area contributed by atoms with Crippen molar-refractivity contribution in [1.82, 2.24) is 19.5 Å². The van der Waals surface area contributed by atoms with Gasteiger partial charge in [-0.1, -0.05) is 54.6 Å². The van der Waals surface area contributed by atoms with E-state index >= 15 is 0 Å². The number of H-pyrrole nitrogens is 1. The molecule has 1 aliphatic heterocycles. The summed E-state index contributed by atoms with van der Waals surface area (Å²) in [4.78, 5) is 42.1. The van der Waals surface area contributed by atoms with Gasteiger partial charge in [-0.05, 0) is 16.7 Å². The summed E-state index contributed by atoms with van der Waals surface area (Å²) in [6, 6.07) is 16.4. The fourth-order valence-corrected chi connectivity index (χ4v) is 6.22. The molecule has 1 aliphatic rings. The van der Waals surface area contributed by atoms with Crippen molar-refractivity contribution >= 4 is 32.8 Å². The molecule has 7 N–H and O–H groups in total. The third-order valence-electron chi connectivity index (χ3n) is 6.13. The molecule has 0 amide bonds. The lowest BCUT2D eigenvalue weighted by atomic mass is 10.0. The Morgan fingerprint density at radius 3 is 2.34 bits per heavy atom. The van der Waals surface area contributed by atoms with E-state index in [0.29, 0.717) is 5.56 Å². The van der Waals surface area contributed by atoms with Crippen LogP contribution in [0.25, 0.3) is 22.3 Å². The highest BCUT2D eigenvalue weighted by molar-refractivity contribution is 7.61. The monoisotopic (exact) mass is 609 g/mol. The van der Waals surface area contributed by atoms with Gasteiger partial charge in [-0.3, -0.25) is 23.4 Å². The van der Waals surface area contributed by atoms with Crippen molar-refractivity contribution in [1.29, 1.82) is 0 Å². The molecule has 0 aliphatic carbocycles. The Hall–Kier alpha value is -3.27. The molecule has 4 aromatic rings. The number of phosphoric acid groups is 2. The maximum atomic E-state index is 12.4. The summed E-state index contributed by atoms with van der Waals surface area (Å²) in [7, 11) is -10.3. The van der Waals surface area contributed by atoms with E-state index in [4.69, 9.17) is 19.5 Å². The van der Waals surface area contributed by atoms with Gasteiger partial charge in [0.05, 0.1) is 19.5 Å². The topological polar surface area (TPSA) is 242 Å². The number of fused-ring (bicyclic) bond motifs is 1. The number of nitrogen functional groups attached to an aromatic ring is 1. The second-order valence-electron chi connectivity index (χ2n) is 8.97. The van der Waals surface area contributed by atoms with Crippen LogP contribution in [0.5, 0.6) is 0 Å². The van der Waals surface area contributed by atoms with E-state index in [0.717, 1.165) is 22.0 Å². The highest BCUT2D eigenvalue weighted by Gasteiger charge is 2.46. The molecule has 0 bridgehead atoms. The van der Waals surface area contributed by atoms with Crippen molar-refractivity contribution in [3.05, 3.63) is 76.8 Å². The number of hydrogen-bond donors (Lipinski definition) is 6. The molecule has 1 saturated heterocycles. The SMILES string of the molecule is Nc1nc2c(ncn2[C@@H]2O[C@H](COP(=O)(O)OP(=O)(O)OCc3ccc(-c4ccccc4)cc3)[C@@H](O)[C@H]2O)c(=O)[nH]1. The molecule has 6 atom stereocenters. The summed E-state index contributed by atoms with van der Waals surface area (Å²) in [5.74, 6) is -0.226. The maximum Gasteiger partial charge on any atom is 0.481 e. The number of ether oxygens (including phenoxy) is 1. The molecule has 5 rings (SSSR count). The van der Waals surface area contributed by atoms with Crippen LogP contribution in [0.1, 0.15) is 11.8 Å². The maximum absolute atomic E-state index is 12.4. The molecule has 1 fully saturated rings. The predicted octanol–water partition coefficient (Wildman–Crippen LogP) is 1.44. The highest BCUT2D eigenvalue weighted by Crippen LogP contribution is 2.61. The van der Waals surface area contributed by atoms with E-state index in [1.165, 1.54) is 0 Å². The average molecular weight is 609 g/mol. The molecular formula is C23H25N5O11P2. The molecular weight excluding hydrogens is 584 g/mol. The van der Waals surface area contributed by atoms with Gasteiger partial charge in [0.25, 0.3) is 5.56 Å². The van der Waals surface area contributed by atoms with Gasteiger partial charge in [0, 0.05) is 0 Å². The van der Waals surface area contributed by atoms with Crippen LogP contribution in [0.15, 0.2) is 65.7 Å². The highest BCUT2D eigenvalue weighted by atomic mass is 31.3. The summed E-state index contributed by atoms with van der Waals surface area (Å²) in [6.45, 7) is -1.26. The van der Waals surface area contributed by atoms with E-state index in [-0.39, 0.29) is 17.1 Å². The molecule has 0 radical (unpaired) electrons. The van der Waals surface area contributed by atoms with Gasteiger partial charge in [0.15, 0.2) is 17.4 Å². The van der Waals surface area contributed by atoms with Gasteiger partial charge in [0.1, 0.15) is 18.3 Å². The number of nitrogens with two attached hydrogens (primary N) is 1. The van der Waals surface area contributed by atoms with Crippen molar-refractivity contribution in [3.63, 3.8) is 0 Å². The molecule has 0 spiro atoms. The summed E-state index contributed by atoms with van der Waals surface area (Å²) >= 11 is 0. The van der Waals surface area contributed by atoms with E-state index in [1.54, 1.807) is 24.3 Å². The quantitative estimate of drug-likeness (QED) is 0.139. The van der Waals surface area contributed by atoms with Gasteiger partial charge in [-0.2, -0.15) is 9.29 Å².